The van der Waals surface area contributed by atoms with Crippen LogP contribution in [0.25, 0.3) is 22.8 Å². The number of methoxy groups -OCH3 is 1. The zero-order valence-corrected chi connectivity index (χ0v) is 72.3. The van der Waals surface area contributed by atoms with Crippen molar-refractivity contribution >= 4 is 179 Å². The Morgan fingerprint density at radius 2 is 0.961 bits per heavy atom. The van der Waals surface area contributed by atoms with E-state index in [9.17, 15) is 115 Å². The van der Waals surface area contributed by atoms with Crippen molar-refractivity contribution in [2.24, 2.45) is 21.1 Å². The molecule has 13 rings (SSSR count). The second-order valence-corrected chi connectivity index (χ2v) is 28.5. The quantitative estimate of drug-likeness (QED) is 0.0185. The van der Waals surface area contributed by atoms with E-state index in [-0.39, 0.29) is 98.3 Å². The minimum absolute atomic E-state index is 0.00360. The molecule has 3 aliphatic rings. The average Bonchev–Trinajstić information content (AvgIpc) is 1.64. The van der Waals surface area contributed by atoms with E-state index >= 15 is 0 Å². The van der Waals surface area contributed by atoms with Gasteiger partial charge in [-0.05, 0) is 154 Å². The summed E-state index contributed by atoms with van der Waals surface area (Å²) >= 11 is 26.3. The van der Waals surface area contributed by atoms with Crippen LogP contribution in [0.2, 0.25) is 10.3 Å². The fraction of sp³-hybridized carbons (Fsp3) is 0.250. The molecule has 10 aromatic rings. The number of hydrogen-bond donors (Lipinski definition) is 7. The number of esters is 1. The first kappa shape index (κ1) is 102. The third-order valence-electron chi connectivity index (χ3n) is 14.9. The van der Waals surface area contributed by atoms with E-state index in [2.05, 4.69) is 180 Å². The van der Waals surface area contributed by atoms with Crippen LogP contribution in [0.4, 0.5) is 101 Å². The summed E-state index contributed by atoms with van der Waals surface area (Å²) < 4.78 is 211. The first-order valence-electron chi connectivity index (χ1n) is 33.0. The predicted molar refractivity (Wildman–Crippen MR) is 415 cm³/mol. The number of amides is 4. The van der Waals surface area contributed by atoms with Gasteiger partial charge in [-0.1, -0.05) is 38.8 Å². The molecular weight excluding hydrogens is 2130 g/mol. The lowest BCUT2D eigenvalue weighted by Gasteiger charge is -2.26. The van der Waals surface area contributed by atoms with Crippen molar-refractivity contribution in [2.75, 3.05) is 28.4 Å². The summed E-state index contributed by atoms with van der Waals surface area (Å²) in [5.41, 5.74) is -0.928. The molecule has 13 heterocycles. The molecule has 4 amide bonds. The summed E-state index contributed by atoms with van der Waals surface area (Å²) in [5.74, 6) is -11.5. The maximum atomic E-state index is 13.5. The Hall–Kier alpha value is -12.5. The number of carbonyl (C=O) groups excluding carboxylic acids is 5. The number of carbonyl (C=O) groups is 7. The number of carboxylic acid groups (broad SMARTS) is 2. The molecule has 6 atom stereocenters. The van der Waals surface area contributed by atoms with Gasteiger partial charge in [0.15, 0.2) is 32.1 Å². The maximum absolute atomic E-state index is 13.5. The fourth-order valence-corrected chi connectivity index (χ4v) is 11.9. The highest BCUT2D eigenvalue weighted by molar-refractivity contribution is 9.11. The Morgan fingerprint density at radius 1 is 0.559 bits per heavy atom. The molecule has 42 nitrogen and oxygen atoms in total. The highest BCUT2D eigenvalue weighted by atomic mass is 79.9. The van der Waals surface area contributed by atoms with Crippen molar-refractivity contribution in [1.82, 2.24) is 79.9 Å². The van der Waals surface area contributed by atoms with E-state index in [4.69, 9.17) is 48.0 Å². The Balaban J connectivity index is 0.000000213. The van der Waals surface area contributed by atoms with Crippen LogP contribution in [0.1, 0.15) is 58.2 Å². The lowest BCUT2D eigenvalue weighted by atomic mass is 10.2. The number of aryl methyl sites for hydroxylation is 3. The largest absolute Gasteiger partial charge is 0.476 e. The van der Waals surface area contributed by atoms with E-state index in [1.807, 2.05) is 5.32 Å². The number of carboxylic acids is 2. The fourth-order valence-electron chi connectivity index (χ4n) is 9.30. The van der Waals surface area contributed by atoms with Gasteiger partial charge >= 0.3 is 60.1 Å². The molecular formula is C64H45Br5Cl2F14N22O20. The summed E-state index contributed by atoms with van der Waals surface area (Å²) in [6.45, 7) is 2.94. The van der Waals surface area contributed by atoms with Crippen molar-refractivity contribution in [3.8, 4) is 46.3 Å². The van der Waals surface area contributed by atoms with Crippen LogP contribution >= 0.6 is 103 Å². The number of nitrogens with zero attached hydrogens (tertiary/aromatic N) is 18. The van der Waals surface area contributed by atoms with Crippen molar-refractivity contribution in [3.63, 3.8) is 0 Å². The molecule has 3 aliphatic heterocycles. The van der Waals surface area contributed by atoms with E-state index in [0.29, 0.717) is 14.8 Å². The minimum atomic E-state index is -5.11. The predicted octanol–water partition coefficient (Wildman–Crippen LogP) is 13.5. The molecule has 678 valence electrons. The Morgan fingerprint density at radius 3 is 1.38 bits per heavy atom. The third-order valence-corrected chi connectivity index (χ3v) is 18.0. The van der Waals surface area contributed by atoms with Gasteiger partial charge in [-0.3, -0.25) is 39.9 Å². The lowest BCUT2D eigenvalue weighted by Crippen LogP contribution is -2.47. The average molecular weight is 2180 g/mol. The van der Waals surface area contributed by atoms with Crippen LogP contribution < -0.4 is 40.2 Å². The van der Waals surface area contributed by atoms with Crippen molar-refractivity contribution in [3.05, 3.63) is 173 Å². The number of aromatic nitrogens is 16. The van der Waals surface area contributed by atoms with Gasteiger partial charge in [0, 0.05) is 44.4 Å². The first-order valence-corrected chi connectivity index (χ1v) is 37.7. The van der Waals surface area contributed by atoms with Gasteiger partial charge in [-0.25, -0.2) is 76.9 Å². The van der Waals surface area contributed by atoms with Gasteiger partial charge in [0.25, 0.3) is 48.0 Å². The molecule has 0 aliphatic carbocycles. The molecule has 0 spiro atoms. The number of fused-ring (bicyclic) bond motifs is 3. The smallest absolute Gasteiger partial charge is 0.436 e. The number of nitrogens with one attached hydrogen (secondary N) is 4. The number of aliphatic hydroxyl groups is 1. The van der Waals surface area contributed by atoms with Crippen molar-refractivity contribution in [2.45, 2.75) is 75.2 Å². The standard InChI is InChI=1S/C19H14ClF4N7O4.C12H8F3N5O4.C9H6BrF3N2O5.C8H4BrF3N2O2.C7H7ClFNO.C5H2Br2N2O2.C4H4BrN3O2/c1-7(9-5-8(21)6-25-14(9)20)34-18(33)28-15-12(29-30-31(15)2)10-3-4-11-17(27-10)35-13(16(32)26-11)19(22,23)24;1-20-7(11(22)23)6(18-19-20)4-2-3-5-10(17-4)24-8(9(21)16-5)12(13,14)15;1-19-8(16)6(9(11,12)13)20-7-4(15(17)18)2-3-5(10)14-7;9-4-2-1-3-7(14-4)16-5(6(15)13-3)8(10,11)12;1-4(11)6-2-5(9)3-10-7(6)8;6-4-2-1-3(9(10)11)5(7)8-4;1-8-2(4(9)10)3(5)6-7-8/h3-7,13H,1-2H3,(H,26,32)(H,28,33);2-3,8H,1H3,(H,16,21)(H,22,23);2-3,6H,1H3;1-2,5H,(H,13,15);2-4,11H,1H3;1-2H;1H3,(H,9,10)/t7-,13?;;;;4-;;/m1...1../s1. The molecule has 127 heavy (non-hydrogen) atoms. The van der Waals surface area contributed by atoms with E-state index in [1.165, 1.54) is 94.3 Å². The SMILES string of the molecule is COC(=O)C(Oc1nc(Br)ccc1[N+](=O)[O-])C(F)(F)F.C[C@@H](O)c1cc(F)cnc1Cl.C[C@@H](OC(=O)Nc1c(-c2ccc3c(n2)OC(C(F)(F)F)C(=O)N3)nnn1C)c1cc(F)cnc1Cl.Cn1nnc(-c2ccc3c(n2)OC(C(F)(F)F)C(=O)N3)c1C(=O)O.Cn1nnc(Br)c1C(=O)O.O=C1Nc2ccc(Br)nc2OC1C(F)(F)F.O=[N+]([O-])c1ccc(Br)nc1Br. The van der Waals surface area contributed by atoms with Crippen LogP contribution in [0.5, 0.6) is 23.5 Å². The minimum Gasteiger partial charge on any atom is -0.476 e. The number of halogens is 21. The molecule has 4 unspecified atom stereocenters. The topological polar surface area (TPSA) is 552 Å². The number of pyridine rings is 7. The molecule has 0 radical (unpaired) electrons. The Labute approximate surface area is 746 Å². The number of aromatic carboxylic acids is 2. The monoisotopic (exact) mass is 2170 g/mol. The number of nitro groups is 2. The molecule has 63 heteroatoms. The van der Waals surface area contributed by atoms with Gasteiger partial charge < -0.3 is 59.7 Å². The molecule has 0 aromatic carbocycles. The first-order chi connectivity index (χ1) is 59.0. The number of hydrogen-bond acceptors (Lipinski definition) is 31. The van der Waals surface area contributed by atoms with Gasteiger partial charge in [0.1, 0.15) is 64.6 Å². The van der Waals surface area contributed by atoms with Gasteiger partial charge in [0.2, 0.25) is 17.6 Å². The number of alkyl halides is 12. The third kappa shape index (κ3) is 27.3. The molecule has 0 fully saturated rings. The van der Waals surface area contributed by atoms with Gasteiger partial charge in [0.05, 0.1) is 46.8 Å². The summed E-state index contributed by atoms with van der Waals surface area (Å²) in [4.78, 5) is 125. The second kappa shape index (κ2) is 42.7. The normalized spacial score (nSPS) is 14.9. The highest BCUT2D eigenvalue weighted by Gasteiger charge is 2.53. The highest BCUT2D eigenvalue weighted by Crippen LogP contribution is 2.41. The van der Waals surface area contributed by atoms with E-state index in [1.54, 1.807) is 0 Å². The van der Waals surface area contributed by atoms with Crippen LogP contribution in [0, 0.1) is 31.9 Å². The van der Waals surface area contributed by atoms with Crippen LogP contribution in [-0.4, -0.2) is 203 Å². The Kier molecular flexibility index (Phi) is 34.1. The second-order valence-electron chi connectivity index (χ2n) is 23.8. The summed E-state index contributed by atoms with van der Waals surface area (Å²) in [7, 11) is 5.01. The number of anilines is 4. The maximum Gasteiger partial charge on any atom is 0.436 e. The van der Waals surface area contributed by atoms with E-state index < -0.39 is 148 Å². The van der Waals surface area contributed by atoms with Crippen LogP contribution in [0.3, 0.4) is 0 Å². The summed E-state index contributed by atoms with van der Waals surface area (Å²) in [5, 5.41) is 78.1. The lowest BCUT2D eigenvalue weighted by molar-refractivity contribution is -0.386. The number of aliphatic hydroxyl groups excluding tert-OH is 1. The van der Waals surface area contributed by atoms with Gasteiger partial charge in [-0.2, -0.15) is 52.7 Å². The van der Waals surface area contributed by atoms with E-state index in [0.717, 1.165) is 47.1 Å². The van der Waals surface area contributed by atoms with Crippen LogP contribution in [-0.2, 0) is 49.8 Å². The zero-order valence-electron chi connectivity index (χ0n) is 62.8. The molecule has 0 saturated carbocycles. The molecule has 0 bridgehead atoms. The van der Waals surface area contributed by atoms with Crippen molar-refractivity contribution < 1.29 is 149 Å². The summed E-state index contributed by atoms with van der Waals surface area (Å²) in [6.07, 6.45) is -31.6. The van der Waals surface area contributed by atoms with Gasteiger partial charge in [-0.15, -0.1) is 15.3 Å². The Bertz CT molecular complexity index is 5810. The molecule has 0 saturated heterocycles. The molecule has 10 aromatic heterocycles. The zero-order chi connectivity index (χ0) is 95.1. The molecule has 7 N–H and O–H groups in total. The van der Waals surface area contributed by atoms with Crippen molar-refractivity contribution in [1.29, 1.82) is 0 Å². The summed E-state index contributed by atoms with van der Waals surface area (Å²) in [6, 6.07) is 15.2. The number of ether oxygens (including phenoxy) is 6. The van der Waals surface area contributed by atoms with Crippen LogP contribution in [0.15, 0.2) is 108 Å². The number of rotatable bonds is 13.